The van der Waals surface area contributed by atoms with E-state index in [0.29, 0.717) is 22.4 Å². The average Bonchev–Trinajstić information content (AvgIpc) is 2.63. The molecule has 144 valence electrons. The molecule has 1 aliphatic heterocycles. The normalized spacial score (nSPS) is 15.8. The zero-order valence-electron chi connectivity index (χ0n) is 14.5. The SMILES string of the molecule is CCOc1c(Br)cc(/C=C2\C(=O)NC(=S)N(c3ccccc3F)C2=O)cc1I. The summed E-state index contributed by atoms with van der Waals surface area (Å²) in [6, 6.07) is 9.25. The zero-order chi connectivity index (χ0) is 20.4. The van der Waals surface area contributed by atoms with E-state index in [9.17, 15) is 14.0 Å². The van der Waals surface area contributed by atoms with Crippen molar-refractivity contribution in [3.8, 4) is 5.75 Å². The molecule has 0 aromatic heterocycles. The molecule has 0 unspecified atom stereocenters. The molecule has 1 heterocycles. The van der Waals surface area contributed by atoms with Gasteiger partial charge in [0.25, 0.3) is 11.8 Å². The molecule has 1 N–H and O–H groups in total. The lowest BCUT2D eigenvalue weighted by Crippen LogP contribution is -2.54. The van der Waals surface area contributed by atoms with Crippen LogP contribution in [0, 0.1) is 9.39 Å². The van der Waals surface area contributed by atoms with Crippen molar-refractivity contribution in [3.05, 3.63) is 61.4 Å². The van der Waals surface area contributed by atoms with Crippen LogP contribution in [0.3, 0.4) is 0 Å². The molecule has 0 radical (unpaired) electrons. The van der Waals surface area contributed by atoms with Crippen molar-refractivity contribution in [2.24, 2.45) is 0 Å². The van der Waals surface area contributed by atoms with E-state index in [1.807, 2.05) is 6.92 Å². The quantitative estimate of drug-likeness (QED) is 0.254. The number of halogens is 3. The molecule has 2 amide bonds. The number of hydrogen-bond acceptors (Lipinski definition) is 4. The number of carbonyl (C=O) groups excluding carboxylic acids is 2. The summed E-state index contributed by atoms with van der Waals surface area (Å²) in [5.74, 6) is -1.27. The summed E-state index contributed by atoms with van der Waals surface area (Å²) in [5.41, 5.74) is 0.439. The predicted molar refractivity (Wildman–Crippen MR) is 121 cm³/mol. The molecule has 0 aliphatic carbocycles. The highest BCUT2D eigenvalue weighted by Gasteiger charge is 2.35. The second kappa shape index (κ2) is 8.66. The highest BCUT2D eigenvalue weighted by molar-refractivity contribution is 14.1. The van der Waals surface area contributed by atoms with E-state index in [2.05, 4.69) is 43.8 Å². The molecule has 2 aromatic carbocycles. The largest absolute Gasteiger partial charge is 0.492 e. The fourth-order valence-electron chi connectivity index (χ4n) is 2.62. The second-order valence-corrected chi connectivity index (χ2v) is 8.06. The van der Waals surface area contributed by atoms with Gasteiger partial charge >= 0.3 is 0 Å². The van der Waals surface area contributed by atoms with E-state index in [-0.39, 0.29) is 16.4 Å². The maximum Gasteiger partial charge on any atom is 0.270 e. The molecule has 0 spiro atoms. The van der Waals surface area contributed by atoms with Crippen LogP contribution in [0.5, 0.6) is 5.75 Å². The van der Waals surface area contributed by atoms with Crippen molar-refractivity contribution >= 4 is 79.4 Å². The van der Waals surface area contributed by atoms with Crippen molar-refractivity contribution in [3.63, 3.8) is 0 Å². The second-order valence-electron chi connectivity index (χ2n) is 5.66. The highest BCUT2D eigenvalue weighted by atomic mass is 127. The van der Waals surface area contributed by atoms with Gasteiger partial charge in [0.2, 0.25) is 0 Å². The molecular weight excluding hydrogens is 562 g/mol. The Bertz CT molecular complexity index is 1000. The molecular formula is C19H13BrFIN2O3S. The molecule has 0 atom stereocenters. The summed E-state index contributed by atoms with van der Waals surface area (Å²) in [5, 5.41) is 2.27. The van der Waals surface area contributed by atoms with Crippen LogP contribution < -0.4 is 15.0 Å². The summed E-state index contributed by atoms with van der Waals surface area (Å²) < 4.78 is 21.3. The number of amides is 2. The molecule has 5 nitrogen and oxygen atoms in total. The third-order valence-corrected chi connectivity index (χ3v) is 5.49. The minimum absolute atomic E-state index is 0.0224. The zero-order valence-corrected chi connectivity index (χ0v) is 19.0. The fourth-order valence-corrected chi connectivity index (χ4v) is 4.66. The first kappa shape index (κ1) is 20.9. The number of carbonyl (C=O) groups is 2. The Hall–Kier alpha value is -1.85. The molecule has 0 bridgehead atoms. The Morgan fingerprint density at radius 3 is 2.68 bits per heavy atom. The van der Waals surface area contributed by atoms with Gasteiger partial charge in [-0.3, -0.25) is 14.9 Å². The number of hydrogen-bond donors (Lipinski definition) is 1. The molecule has 1 saturated heterocycles. The van der Waals surface area contributed by atoms with Crippen LogP contribution in [0.2, 0.25) is 0 Å². The number of para-hydroxylation sites is 1. The van der Waals surface area contributed by atoms with Gasteiger partial charge in [-0.25, -0.2) is 9.29 Å². The third-order valence-electron chi connectivity index (χ3n) is 3.82. The van der Waals surface area contributed by atoms with E-state index >= 15 is 0 Å². The number of rotatable bonds is 4. The lowest BCUT2D eigenvalue weighted by molar-refractivity contribution is -0.122. The van der Waals surface area contributed by atoms with Gasteiger partial charge in [-0.2, -0.15) is 0 Å². The van der Waals surface area contributed by atoms with Crippen LogP contribution in [-0.4, -0.2) is 23.5 Å². The van der Waals surface area contributed by atoms with E-state index in [4.69, 9.17) is 17.0 Å². The van der Waals surface area contributed by atoms with Crippen molar-refractivity contribution in [1.29, 1.82) is 0 Å². The van der Waals surface area contributed by atoms with Crippen molar-refractivity contribution in [2.45, 2.75) is 6.92 Å². The van der Waals surface area contributed by atoms with Crippen molar-refractivity contribution < 1.29 is 18.7 Å². The Balaban J connectivity index is 2.04. The molecule has 0 saturated carbocycles. The van der Waals surface area contributed by atoms with Gasteiger partial charge in [-0.1, -0.05) is 12.1 Å². The predicted octanol–water partition coefficient (Wildman–Crippen LogP) is 4.42. The monoisotopic (exact) mass is 574 g/mol. The Kier molecular flexibility index (Phi) is 6.46. The van der Waals surface area contributed by atoms with Gasteiger partial charge < -0.3 is 4.74 Å². The van der Waals surface area contributed by atoms with Crippen molar-refractivity contribution in [2.75, 3.05) is 11.5 Å². The van der Waals surface area contributed by atoms with Crippen LogP contribution in [0.4, 0.5) is 10.1 Å². The Morgan fingerprint density at radius 2 is 2.04 bits per heavy atom. The number of anilines is 1. The van der Waals surface area contributed by atoms with Crippen LogP contribution in [-0.2, 0) is 9.59 Å². The third kappa shape index (κ3) is 4.11. The standard InChI is InChI=1S/C19H13BrFIN2O3S/c1-2-27-16-12(20)8-10(9-14(16)22)7-11-17(25)23-19(28)24(18(11)26)15-6-4-3-5-13(15)21/h3-9H,2H2,1H3,(H,23,25,28)/b11-7+. The lowest BCUT2D eigenvalue weighted by atomic mass is 10.1. The minimum Gasteiger partial charge on any atom is -0.492 e. The van der Waals surface area contributed by atoms with E-state index in [1.165, 1.54) is 24.3 Å². The Labute approximate surface area is 188 Å². The first-order valence-corrected chi connectivity index (χ1v) is 10.4. The Morgan fingerprint density at radius 1 is 1.32 bits per heavy atom. The van der Waals surface area contributed by atoms with Crippen LogP contribution in [0.15, 0.2) is 46.4 Å². The lowest BCUT2D eigenvalue weighted by Gasteiger charge is -2.29. The molecule has 3 rings (SSSR count). The molecule has 2 aromatic rings. The van der Waals surface area contributed by atoms with Crippen LogP contribution >= 0.6 is 50.7 Å². The maximum atomic E-state index is 14.2. The fraction of sp³-hybridized carbons (Fsp3) is 0.105. The number of ether oxygens (including phenoxy) is 1. The smallest absolute Gasteiger partial charge is 0.270 e. The van der Waals surface area contributed by atoms with Gasteiger partial charge in [0, 0.05) is 0 Å². The highest BCUT2D eigenvalue weighted by Crippen LogP contribution is 2.33. The van der Waals surface area contributed by atoms with Crippen LogP contribution in [0.25, 0.3) is 6.08 Å². The summed E-state index contributed by atoms with van der Waals surface area (Å²) in [7, 11) is 0. The molecule has 28 heavy (non-hydrogen) atoms. The number of nitrogens with one attached hydrogen (secondary N) is 1. The number of thiocarbonyl (C=S) groups is 1. The van der Waals surface area contributed by atoms with Gasteiger partial charge in [-0.05, 0) is 93.6 Å². The van der Waals surface area contributed by atoms with Gasteiger partial charge in [0.05, 0.1) is 20.3 Å². The van der Waals surface area contributed by atoms with Gasteiger partial charge in [0.15, 0.2) is 5.11 Å². The maximum absolute atomic E-state index is 14.2. The van der Waals surface area contributed by atoms with Crippen LogP contribution in [0.1, 0.15) is 12.5 Å². The summed E-state index contributed by atoms with van der Waals surface area (Å²) in [6.07, 6.45) is 1.44. The first-order chi connectivity index (χ1) is 13.3. The van der Waals surface area contributed by atoms with Gasteiger partial charge in [-0.15, -0.1) is 0 Å². The molecule has 1 aliphatic rings. The topological polar surface area (TPSA) is 58.6 Å². The van der Waals surface area contributed by atoms with E-state index in [1.54, 1.807) is 18.2 Å². The van der Waals surface area contributed by atoms with Crippen molar-refractivity contribution in [1.82, 2.24) is 5.32 Å². The molecule has 9 heteroatoms. The van der Waals surface area contributed by atoms with E-state index in [0.717, 1.165) is 8.47 Å². The molecule has 1 fully saturated rings. The summed E-state index contributed by atoms with van der Waals surface area (Å²) in [6.45, 7) is 2.38. The number of nitrogens with zero attached hydrogens (tertiary/aromatic N) is 1. The minimum atomic E-state index is -0.695. The summed E-state index contributed by atoms with van der Waals surface area (Å²) in [4.78, 5) is 26.3. The van der Waals surface area contributed by atoms with Gasteiger partial charge in [0.1, 0.15) is 17.1 Å². The first-order valence-electron chi connectivity index (χ1n) is 8.11. The van der Waals surface area contributed by atoms with E-state index < -0.39 is 17.6 Å². The summed E-state index contributed by atoms with van der Waals surface area (Å²) >= 11 is 10.6. The average molecular weight is 575 g/mol. The number of benzene rings is 2.